The lowest BCUT2D eigenvalue weighted by Crippen LogP contribution is -2.03. The van der Waals surface area contributed by atoms with E-state index in [1.54, 1.807) is 0 Å². The first kappa shape index (κ1) is 8.95. The van der Waals surface area contributed by atoms with Crippen molar-refractivity contribution in [3.63, 3.8) is 0 Å². The molecule has 0 aliphatic heterocycles. The highest BCUT2D eigenvalue weighted by Gasteiger charge is 1.93. The molecular formula is C8H14N2. The topological polar surface area (TPSA) is 24.4 Å². The minimum absolute atomic E-state index is 1.00. The monoisotopic (exact) mass is 138 g/mol. The standard InChI is InChI=1S/C8H14N2/c1-6(2)7(3)8(4)10-9-5/h10H,1,5H2,2-4H3/b8-7+. The predicted molar refractivity (Wildman–Crippen MR) is 45.9 cm³/mol. The number of nitrogens with zero attached hydrogens (tertiary/aromatic N) is 1. The molecule has 0 atom stereocenters. The van der Waals surface area contributed by atoms with Gasteiger partial charge >= 0.3 is 0 Å². The van der Waals surface area contributed by atoms with E-state index < -0.39 is 0 Å². The average Bonchev–Trinajstić information content (AvgIpc) is 1.87. The summed E-state index contributed by atoms with van der Waals surface area (Å²) in [6.07, 6.45) is 0. The van der Waals surface area contributed by atoms with Crippen LogP contribution in [-0.4, -0.2) is 6.72 Å². The lowest BCUT2D eigenvalue weighted by Gasteiger charge is -2.04. The molecule has 0 heterocycles. The van der Waals surface area contributed by atoms with E-state index in [9.17, 15) is 0 Å². The Morgan fingerprint density at radius 1 is 1.30 bits per heavy atom. The second kappa shape index (κ2) is 3.88. The molecule has 0 bridgehead atoms. The minimum atomic E-state index is 1.00. The van der Waals surface area contributed by atoms with Crippen molar-refractivity contribution >= 4 is 6.72 Å². The largest absolute Gasteiger partial charge is 0.283 e. The fourth-order valence-corrected chi connectivity index (χ4v) is 0.523. The van der Waals surface area contributed by atoms with Gasteiger partial charge in [-0.2, -0.15) is 5.10 Å². The Morgan fingerprint density at radius 2 is 1.80 bits per heavy atom. The zero-order valence-electron chi connectivity index (χ0n) is 6.86. The van der Waals surface area contributed by atoms with Gasteiger partial charge in [0.15, 0.2) is 0 Å². The SMILES string of the molecule is C=NN/C(C)=C(\C)C(=C)C. The highest BCUT2D eigenvalue weighted by molar-refractivity contribution is 5.29. The van der Waals surface area contributed by atoms with Crippen molar-refractivity contribution in [2.45, 2.75) is 20.8 Å². The van der Waals surface area contributed by atoms with Gasteiger partial charge in [0.2, 0.25) is 0 Å². The van der Waals surface area contributed by atoms with Crippen LogP contribution in [0, 0.1) is 0 Å². The number of nitrogens with one attached hydrogen (secondary N) is 1. The van der Waals surface area contributed by atoms with Gasteiger partial charge < -0.3 is 0 Å². The van der Waals surface area contributed by atoms with Crippen molar-refractivity contribution in [3.8, 4) is 0 Å². The molecule has 0 unspecified atom stereocenters. The summed E-state index contributed by atoms with van der Waals surface area (Å²) in [5.41, 5.74) is 5.94. The third kappa shape index (κ3) is 2.49. The molecule has 0 saturated heterocycles. The summed E-state index contributed by atoms with van der Waals surface area (Å²) in [5, 5.41) is 3.54. The van der Waals surface area contributed by atoms with Crippen LogP contribution in [-0.2, 0) is 0 Å². The zero-order valence-corrected chi connectivity index (χ0v) is 6.86. The van der Waals surface area contributed by atoms with Crippen molar-refractivity contribution in [2.75, 3.05) is 0 Å². The highest BCUT2D eigenvalue weighted by Crippen LogP contribution is 2.08. The maximum atomic E-state index is 3.80. The van der Waals surface area contributed by atoms with E-state index in [2.05, 4.69) is 23.8 Å². The van der Waals surface area contributed by atoms with Crippen LogP contribution >= 0.6 is 0 Å². The summed E-state index contributed by atoms with van der Waals surface area (Å²) < 4.78 is 0. The molecule has 0 aromatic heterocycles. The van der Waals surface area contributed by atoms with Gasteiger partial charge in [-0.3, -0.25) is 5.43 Å². The Bertz CT molecular complexity index is 178. The van der Waals surface area contributed by atoms with Gasteiger partial charge in [-0.05, 0) is 26.3 Å². The number of hydrogen-bond donors (Lipinski definition) is 1. The maximum absolute atomic E-state index is 3.80. The van der Waals surface area contributed by atoms with Crippen molar-refractivity contribution in [1.29, 1.82) is 0 Å². The highest BCUT2D eigenvalue weighted by atomic mass is 15.3. The van der Waals surface area contributed by atoms with E-state index in [0.29, 0.717) is 0 Å². The van der Waals surface area contributed by atoms with Crippen molar-refractivity contribution in [2.24, 2.45) is 5.10 Å². The number of rotatable bonds is 3. The third-order valence-corrected chi connectivity index (χ3v) is 1.45. The Kier molecular flexibility index (Phi) is 3.47. The molecule has 0 aromatic rings. The second-order valence-electron chi connectivity index (χ2n) is 2.30. The fourth-order valence-electron chi connectivity index (χ4n) is 0.523. The van der Waals surface area contributed by atoms with Gasteiger partial charge in [-0.1, -0.05) is 12.2 Å². The quantitative estimate of drug-likeness (QED) is 0.360. The Hall–Kier alpha value is -1.05. The van der Waals surface area contributed by atoms with Crippen LogP contribution in [0.2, 0.25) is 0 Å². The van der Waals surface area contributed by atoms with Gasteiger partial charge in [0.25, 0.3) is 0 Å². The summed E-state index contributed by atoms with van der Waals surface area (Å²) >= 11 is 0. The predicted octanol–water partition coefficient (Wildman–Crippen LogP) is 2.06. The van der Waals surface area contributed by atoms with Gasteiger partial charge in [0.05, 0.1) is 0 Å². The average molecular weight is 138 g/mol. The second-order valence-corrected chi connectivity index (χ2v) is 2.30. The van der Waals surface area contributed by atoms with E-state index in [4.69, 9.17) is 0 Å². The normalized spacial score (nSPS) is 11.9. The van der Waals surface area contributed by atoms with Gasteiger partial charge in [-0.25, -0.2) is 0 Å². The molecule has 0 saturated carbocycles. The van der Waals surface area contributed by atoms with Crippen LogP contribution in [0.3, 0.4) is 0 Å². The van der Waals surface area contributed by atoms with Gasteiger partial charge in [-0.15, -0.1) is 0 Å². The van der Waals surface area contributed by atoms with E-state index in [1.165, 1.54) is 0 Å². The Morgan fingerprint density at radius 3 is 2.10 bits per heavy atom. The van der Waals surface area contributed by atoms with Crippen molar-refractivity contribution in [3.05, 3.63) is 23.4 Å². The van der Waals surface area contributed by atoms with Crippen LogP contribution in [0.5, 0.6) is 0 Å². The molecule has 0 aliphatic rings. The molecule has 0 amide bonds. The summed E-state index contributed by atoms with van der Waals surface area (Å²) in [4.78, 5) is 0. The minimum Gasteiger partial charge on any atom is -0.283 e. The molecule has 0 aliphatic carbocycles. The van der Waals surface area contributed by atoms with E-state index >= 15 is 0 Å². The smallest absolute Gasteiger partial charge is 0.0336 e. The molecular weight excluding hydrogens is 124 g/mol. The van der Waals surface area contributed by atoms with Crippen LogP contribution in [0.15, 0.2) is 28.5 Å². The molecule has 0 aromatic carbocycles. The van der Waals surface area contributed by atoms with Gasteiger partial charge in [0, 0.05) is 12.4 Å². The first-order chi connectivity index (χ1) is 4.59. The first-order valence-electron chi connectivity index (χ1n) is 3.14. The molecule has 0 spiro atoms. The van der Waals surface area contributed by atoms with Crippen LogP contribution in [0.25, 0.3) is 0 Å². The van der Waals surface area contributed by atoms with Crippen LogP contribution in [0.4, 0.5) is 0 Å². The fraction of sp³-hybridized carbons (Fsp3) is 0.375. The molecule has 0 fully saturated rings. The number of allylic oxidation sites excluding steroid dienone is 3. The molecule has 56 valence electrons. The summed E-state index contributed by atoms with van der Waals surface area (Å²) in [5.74, 6) is 0. The van der Waals surface area contributed by atoms with Crippen LogP contribution < -0.4 is 5.43 Å². The van der Waals surface area contributed by atoms with E-state index in [1.807, 2.05) is 20.8 Å². The molecule has 0 radical (unpaired) electrons. The van der Waals surface area contributed by atoms with E-state index in [-0.39, 0.29) is 0 Å². The lowest BCUT2D eigenvalue weighted by molar-refractivity contribution is 0.879. The van der Waals surface area contributed by atoms with Crippen LogP contribution in [0.1, 0.15) is 20.8 Å². The molecule has 2 nitrogen and oxygen atoms in total. The Balaban J connectivity index is 4.33. The lowest BCUT2D eigenvalue weighted by atomic mass is 10.1. The molecule has 10 heavy (non-hydrogen) atoms. The molecule has 0 rings (SSSR count). The van der Waals surface area contributed by atoms with Gasteiger partial charge in [0.1, 0.15) is 0 Å². The zero-order chi connectivity index (χ0) is 8.15. The van der Waals surface area contributed by atoms with E-state index in [0.717, 1.165) is 16.8 Å². The number of hydrazone groups is 1. The van der Waals surface area contributed by atoms with Crippen molar-refractivity contribution < 1.29 is 0 Å². The molecule has 2 heteroatoms. The number of hydrogen-bond acceptors (Lipinski definition) is 2. The third-order valence-electron chi connectivity index (χ3n) is 1.45. The first-order valence-corrected chi connectivity index (χ1v) is 3.14. The Labute approximate surface area is 62.3 Å². The summed E-state index contributed by atoms with van der Waals surface area (Å²) in [6.45, 7) is 13.0. The summed E-state index contributed by atoms with van der Waals surface area (Å²) in [7, 11) is 0. The maximum Gasteiger partial charge on any atom is 0.0336 e. The summed E-state index contributed by atoms with van der Waals surface area (Å²) in [6, 6.07) is 0. The van der Waals surface area contributed by atoms with Crippen molar-refractivity contribution in [1.82, 2.24) is 5.43 Å². The molecule has 1 N–H and O–H groups in total.